The summed E-state index contributed by atoms with van der Waals surface area (Å²) < 4.78 is 29.2. The fourth-order valence-electron chi connectivity index (χ4n) is 13.9. The number of esters is 2. The molecule has 10 atom stereocenters. The molecule has 0 unspecified atom stereocenters. The minimum atomic E-state index is -1.82. The first kappa shape index (κ1) is 85.7. The van der Waals surface area contributed by atoms with Crippen molar-refractivity contribution in [2.24, 2.45) is 11.8 Å². The second kappa shape index (κ2) is 61.0. The van der Waals surface area contributed by atoms with Crippen molar-refractivity contribution < 1.29 is 63.9 Å². The summed E-state index contributed by atoms with van der Waals surface area (Å²) >= 11 is 0. The van der Waals surface area contributed by atoms with E-state index in [9.17, 15) is 40.2 Å². The zero-order valence-electron chi connectivity index (χ0n) is 59.9. The molecule has 0 spiro atoms. The Morgan fingerprint density at radius 3 is 0.659 bits per heavy atom. The van der Waals surface area contributed by atoms with Crippen LogP contribution in [0.2, 0.25) is 0 Å². The van der Waals surface area contributed by atoms with Gasteiger partial charge in [-0.3, -0.25) is 9.59 Å². The van der Waals surface area contributed by atoms with E-state index in [1.807, 2.05) is 0 Å². The highest BCUT2D eigenvalue weighted by Crippen LogP contribution is 2.31. The van der Waals surface area contributed by atoms with E-state index in [2.05, 4.69) is 27.7 Å². The van der Waals surface area contributed by atoms with Crippen LogP contribution in [-0.2, 0) is 33.3 Å². The number of unbranched alkanes of at least 4 members (excludes halogenated alkanes) is 48. The Kier molecular flexibility index (Phi) is 57.4. The molecule has 6 N–H and O–H groups in total. The minimum absolute atomic E-state index is 0.164. The number of rotatable bonds is 66. The van der Waals surface area contributed by atoms with E-state index in [1.165, 1.54) is 283 Å². The number of carbonyl (C=O) groups is 2. The lowest BCUT2D eigenvalue weighted by Gasteiger charge is -2.44. The summed E-state index contributed by atoms with van der Waals surface area (Å²) in [5.41, 5.74) is 0. The summed E-state index contributed by atoms with van der Waals surface area (Å²) in [6, 6.07) is 0. The molecule has 2 saturated heterocycles. The molecule has 2 heterocycles. The zero-order chi connectivity index (χ0) is 66.0. The smallest absolute Gasteiger partial charge is 0.306 e. The predicted molar refractivity (Wildman–Crippen MR) is 374 cm³/mol. The molecule has 0 amide bonds. The van der Waals surface area contributed by atoms with Crippen molar-refractivity contribution in [1.29, 1.82) is 0 Å². The van der Waals surface area contributed by atoms with Crippen LogP contribution in [0, 0.1) is 11.8 Å². The van der Waals surface area contributed by atoms with Crippen molar-refractivity contribution in [2.45, 2.75) is 462 Å². The maximum Gasteiger partial charge on any atom is 0.306 e. The molecule has 2 fully saturated rings. The Hall–Kier alpha value is -1.42. The number of hydrogen-bond acceptors (Lipinski definition) is 13. The Balaban J connectivity index is 1.93. The first-order valence-corrected chi connectivity index (χ1v) is 39.8. The lowest BCUT2D eigenvalue weighted by atomic mass is 9.91. The summed E-state index contributed by atoms with van der Waals surface area (Å²) in [5, 5.41) is 66.3. The first-order valence-electron chi connectivity index (χ1n) is 39.8. The molecule has 0 aliphatic carbocycles. The van der Waals surface area contributed by atoms with Crippen LogP contribution in [0.3, 0.4) is 0 Å². The van der Waals surface area contributed by atoms with E-state index in [1.54, 1.807) is 0 Å². The van der Waals surface area contributed by atoms with E-state index < -0.39 is 86.6 Å². The second-order valence-electron chi connectivity index (χ2n) is 28.8. The summed E-state index contributed by atoms with van der Waals surface area (Å²) in [7, 11) is 0. The molecule has 0 bridgehead atoms. The SMILES string of the molecule is CCCCCCCCCCCCCCCC(CCCCCCCCCCCCCCC)CC(=O)OC[C@H]1O[C@H](O[C@H]2O[C@H](COC(=O)CC(CCCCCCCCCCCCCCC)CCCCCCCCCCCCCCC)[C@@H](O)[C@H](O)[C@H]2O)[C@H](O)[C@@H](O)[C@@H]1O. The third-order valence-corrected chi connectivity index (χ3v) is 20.2. The van der Waals surface area contributed by atoms with Gasteiger partial charge in [-0.1, -0.05) is 362 Å². The Labute approximate surface area is 559 Å². The van der Waals surface area contributed by atoms with Gasteiger partial charge >= 0.3 is 11.9 Å². The summed E-state index contributed by atoms with van der Waals surface area (Å²) in [5.74, 6) is -0.516. The van der Waals surface area contributed by atoms with Gasteiger partial charge in [-0.15, -0.1) is 0 Å². The van der Waals surface area contributed by atoms with Gasteiger partial charge in [0.25, 0.3) is 0 Å². The van der Waals surface area contributed by atoms with E-state index in [4.69, 9.17) is 23.7 Å². The van der Waals surface area contributed by atoms with Gasteiger partial charge in [-0.05, 0) is 37.5 Å². The number of aliphatic hydroxyl groups is 6. The highest BCUT2D eigenvalue weighted by atomic mass is 16.8. The normalized spacial score (nSPS) is 22.0. The van der Waals surface area contributed by atoms with Gasteiger partial charge in [0.05, 0.1) is 0 Å². The molecule has 0 aromatic heterocycles. The molecule has 2 aliphatic heterocycles. The summed E-state index contributed by atoms with van der Waals surface area (Å²) in [6.07, 6.45) is 54.5. The number of carbonyl (C=O) groups excluding carboxylic acids is 2. The fraction of sp³-hybridized carbons (Fsp3) is 0.974. The second-order valence-corrected chi connectivity index (χ2v) is 28.8. The minimum Gasteiger partial charge on any atom is -0.463 e. The monoisotopic (exact) mass is 1300 g/mol. The molecule has 0 aromatic carbocycles. The third kappa shape index (κ3) is 45.7. The zero-order valence-corrected chi connectivity index (χ0v) is 59.9. The average molecular weight is 1300 g/mol. The molecule has 0 aromatic rings. The molecule has 91 heavy (non-hydrogen) atoms. The van der Waals surface area contributed by atoms with Gasteiger partial charge in [0.2, 0.25) is 0 Å². The standard InChI is InChI=1S/C78H150O13/c1-5-9-13-17-21-25-29-33-37-41-45-49-53-57-65(58-54-50-46-42-38-34-30-26-22-18-14-10-6-2)61-69(79)87-63-67-71(81)73(83)75(85)77(89-67)91-78-76(86)74(84)72(82)68(90-78)64-88-70(80)62-66(59-55-51-47-43-39-35-31-27-23-19-15-11-7-3)60-56-52-48-44-40-36-32-28-24-20-16-12-8-4/h65-68,71-78,81-86H,5-64H2,1-4H3/t67-,68-,71-,72-,73+,74+,75-,76-,77-,78-/m1/s1. The van der Waals surface area contributed by atoms with Crippen molar-refractivity contribution in [2.75, 3.05) is 13.2 Å². The lowest BCUT2D eigenvalue weighted by molar-refractivity contribution is -0.376. The molecule has 13 heteroatoms. The van der Waals surface area contributed by atoms with Crippen LogP contribution in [0.15, 0.2) is 0 Å². The van der Waals surface area contributed by atoms with Crippen LogP contribution >= 0.6 is 0 Å². The van der Waals surface area contributed by atoms with Crippen molar-refractivity contribution in [3.8, 4) is 0 Å². The largest absolute Gasteiger partial charge is 0.463 e. The molecule has 0 radical (unpaired) electrons. The van der Waals surface area contributed by atoms with Crippen molar-refractivity contribution in [3.05, 3.63) is 0 Å². The molecular formula is C78H150O13. The van der Waals surface area contributed by atoms with E-state index >= 15 is 0 Å². The molecule has 13 nitrogen and oxygen atoms in total. The van der Waals surface area contributed by atoms with Crippen LogP contribution in [0.1, 0.15) is 400 Å². The maximum absolute atomic E-state index is 13.6. The van der Waals surface area contributed by atoms with Crippen molar-refractivity contribution in [3.63, 3.8) is 0 Å². The summed E-state index contributed by atoms with van der Waals surface area (Å²) in [6.45, 7) is 8.23. The maximum atomic E-state index is 13.6. The van der Waals surface area contributed by atoms with Crippen LogP contribution in [0.25, 0.3) is 0 Å². The Bertz CT molecular complexity index is 1420. The van der Waals surface area contributed by atoms with Crippen molar-refractivity contribution >= 4 is 11.9 Å². The van der Waals surface area contributed by atoms with Crippen molar-refractivity contribution in [1.82, 2.24) is 0 Å². The molecule has 2 rings (SSSR count). The van der Waals surface area contributed by atoms with E-state index in [-0.39, 0.29) is 24.7 Å². The van der Waals surface area contributed by atoms with Crippen LogP contribution in [-0.4, -0.2) is 117 Å². The fourth-order valence-corrected chi connectivity index (χ4v) is 13.9. The Morgan fingerprint density at radius 2 is 0.462 bits per heavy atom. The topological polar surface area (TPSA) is 202 Å². The van der Waals surface area contributed by atoms with Gasteiger partial charge in [-0.25, -0.2) is 0 Å². The van der Waals surface area contributed by atoms with Gasteiger partial charge < -0.3 is 54.3 Å². The predicted octanol–water partition coefficient (Wildman–Crippen LogP) is 19.6. The van der Waals surface area contributed by atoms with Gasteiger partial charge in [0.1, 0.15) is 62.0 Å². The highest BCUT2D eigenvalue weighted by Gasteiger charge is 2.50. The van der Waals surface area contributed by atoms with Gasteiger partial charge in [-0.2, -0.15) is 0 Å². The third-order valence-electron chi connectivity index (χ3n) is 20.2. The summed E-state index contributed by atoms with van der Waals surface area (Å²) in [4.78, 5) is 27.1. The van der Waals surface area contributed by atoms with Gasteiger partial charge in [0.15, 0.2) is 12.6 Å². The lowest BCUT2D eigenvalue weighted by Crippen LogP contribution is -2.64. The van der Waals surface area contributed by atoms with E-state index in [0.717, 1.165) is 77.0 Å². The van der Waals surface area contributed by atoms with Gasteiger partial charge in [0, 0.05) is 12.8 Å². The molecule has 0 saturated carbocycles. The number of hydrogen-bond donors (Lipinski definition) is 6. The van der Waals surface area contributed by atoms with E-state index in [0.29, 0.717) is 0 Å². The van der Waals surface area contributed by atoms with Crippen LogP contribution < -0.4 is 0 Å². The molecular weight excluding hydrogens is 1140 g/mol. The average Bonchev–Trinajstić information content (AvgIpc) is 1.37. The highest BCUT2D eigenvalue weighted by molar-refractivity contribution is 5.70. The quantitative estimate of drug-likeness (QED) is 0.0248. The number of aliphatic hydroxyl groups excluding tert-OH is 6. The first-order chi connectivity index (χ1) is 44.5. The molecule has 2 aliphatic rings. The Morgan fingerprint density at radius 1 is 0.275 bits per heavy atom. The molecule has 540 valence electrons. The van der Waals surface area contributed by atoms with Crippen LogP contribution in [0.4, 0.5) is 0 Å². The number of ether oxygens (including phenoxy) is 5. The van der Waals surface area contributed by atoms with Crippen LogP contribution in [0.5, 0.6) is 0 Å².